The lowest BCUT2D eigenvalue weighted by Gasteiger charge is -2.16. The fourth-order valence-electron chi connectivity index (χ4n) is 0.665. The summed E-state index contributed by atoms with van der Waals surface area (Å²) in [5.41, 5.74) is 0. The highest BCUT2D eigenvalue weighted by Gasteiger charge is 2.29. The van der Waals surface area contributed by atoms with Gasteiger partial charge in [0.05, 0.1) is 19.0 Å². The monoisotopic (exact) mass is 247 g/mol. The van der Waals surface area contributed by atoms with Crippen LogP contribution in [0.1, 0.15) is 22.2 Å². The summed E-state index contributed by atoms with van der Waals surface area (Å²) in [5.74, 6) is -0.170. The van der Waals surface area contributed by atoms with E-state index in [1.54, 1.807) is 13.8 Å². The van der Waals surface area contributed by atoms with Gasteiger partial charge in [-0.3, -0.25) is 9.05 Å². The highest BCUT2D eigenvalue weighted by atomic mass is 32.2. The molecular formula is C6H18NO5PS. The minimum absolute atomic E-state index is 0. The Morgan fingerprint density at radius 3 is 1.93 bits per heavy atom. The van der Waals surface area contributed by atoms with Gasteiger partial charge >= 0.3 is 7.75 Å². The van der Waals surface area contributed by atoms with Crippen LogP contribution >= 0.6 is 7.75 Å². The molecule has 6 nitrogen and oxygen atoms in total. The summed E-state index contributed by atoms with van der Waals surface area (Å²) >= 11 is 0. The molecule has 0 rings (SSSR count). The second-order valence-electron chi connectivity index (χ2n) is 2.33. The molecule has 0 amide bonds. The minimum atomic E-state index is -3.70. The molecule has 0 unspecified atom stereocenters. The van der Waals surface area contributed by atoms with E-state index in [9.17, 15) is 13.0 Å². The second-order valence-corrected chi connectivity index (χ2v) is 6.38. The molecule has 0 aromatic heterocycles. The first-order chi connectivity index (χ1) is 6.39. The average Bonchev–Trinajstić information content (AvgIpc) is 2.03. The molecule has 8 heteroatoms. The van der Waals surface area contributed by atoms with Gasteiger partial charge in [0.25, 0.3) is 0 Å². The van der Waals surface area contributed by atoms with Gasteiger partial charge in [-0.1, -0.05) is 0 Å². The van der Waals surface area contributed by atoms with E-state index in [-0.39, 0.29) is 20.4 Å². The molecule has 0 saturated carbocycles. The Balaban J connectivity index is 0. The predicted molar refractivity (Wildman–Crippen MR) is 55.6 cm³/mol. The smallest absolute Gasteiger partial charge is 0.296 e. The van der Waals surface area contributed by atoms with Crippen molar-refractivity contribution in [2.45, 2.75) is 20.8 Å². The average molecular weight is 247 g/mol. The lowest BCUT2D eigenvalue weighted by molar-refractivity contribution is 0.217. The van der Waals surface area contributed by atoms with Gasteiger partial charge in [-0.2, -0.15) is 0 Å². The number of hydrogen-bond donors (Lipinski definition) is 1. The molecule has 0 aromatic carbocycles. The van der Waals surface area contributed by atoms with Gasteiger partial charge < -0.3 is 0 Å². The highest BCUT2D eigenvalue weighted by Crippen LogP contribution is 2.44. The largest absolute Gasteiger partial charge is 0.418 e. The lowest BCUT2D eigenvalue weighted by Crippen LogP contribution is -2.24. The van der Waals surface area contributed by atoms with Gasteiger partial charge in [-0.25, -0.2) is 13.0 Å². The molecule has 0 atom stereocenters. The minimum Gasteiger partial charge on any atom is -0.296 e. The van der Waals surface area contributed by atoms with Gasteiger partial charge in [-0.15, -0.1) is 4.49 Å². The summed E-state index contributed by atoms with van der Waals surface area (Å²) in [6.07, 6.45) is 0. The zero-order valence-electron chi connectivity index (χ0n) is 8.52. The van der Waals surface area contributed by atoms with Crippen LogP contribution in [0.2, 0.25) is 0 Å². The maximum Gasteiger partial charge on any atom is 0.418 e. The molecule has 14 heavy (non-hydrogen) atoms. The van der Waals surface area contributed by atoms with E-state index in [2.05, 4.69) is 0 Å². The van der Waals surface area contributed by atoms with Gasteiger partial charge in [0, 0.05) is 1.43 Å². The zero-order chi connectivity index (χ0) is 11.2. The summed E-state index contributed by atoms with van der Waals surface area (Å²) in [5, 5.41) is 0. The van der Waals surface area contributed by atoms with Crippen LogP contribution in [0, 0.1) is 0 Å². The quantitative estimate of drug-likeness (QED) is 0.687. The molecule has 0 aromatic rings. The number of hydrogen-bond acceptors (Lipinski definition) is 5. The Kier molecular flexibility index (Phi) is 5.85. The van der Waals surface area contributed by atoms with Gasteiger partial charge in [0.1, 0.15) is 0 Å². The van der Waals surface area contributed by atoms with Crippen LogP contribution in [0.15, 0.2) is 0 Å². The molecule has 0 aliphatic carbocycles. The van der Waals surface area contributed by atoms with Crippen LogP contribution in [-0.4, -0.2) is 27.4 Å². The summed E-state index contributed by atoms with van der Waals surface area (Å²) in [6, 6.07) is 0. The van der Waals surface area contributed by atoms with Gasteiger partial charge in [-0.05, 0) is 20.8 Å². The lowest BCUT2D eigenvalue weighted by atomic mass is 10.9. The van der Waals surface area contributed by atoms with Crippen LogP contribution in [-0.2, 0) is 23.6 Å². The van der Waals surface area contributed by atoms with E-state index in [4.69, 9.17) is 9.05 Å². The van der Waals surface area contributed by atoms with E-state index >= 15 is 0 Å². The maximum absolute atomic E-state index is 11.7. The van der Waals surface area contributed by atoms with Crippen LogP contribution in [0.3, 0.4) is 0 Å². The molecule has 0 heterocycles. The molecule has 0 aliphatic rings. The Labute approximate surface area is 86.1 Å². The van der Waals surface area contributed by atoms with Crippen molar-refractivity contribution in [3.05, 3.63) is 0 Å². The van der Waals surface area contributed by atoms with Crippen molar-refractivity contribution in [3.63, 3.8) is 0 Å². The van der Waals surface area contributed by atoms with Crippen molar-refractivity contribution >= 4 is 17.8 Å². The zero-order valence-corrected chi connectivity index (χ0v) is 10.2. The molecule has 0 fully saturated rings. The number of sulfonamides is 1. The first-order valence-electron chi connectivity index (χ1n) is 4.30. The Hall–Kier alpha value is 0.0600. The predicted octanol–water partition coefficient (Wildman–Crippen LogP) is 1.35. The van der Waals surface area contributed by atoms with Crippen LogP contribution in [0.4, 0.5) is 0 Å². The number of nitrogens with one attached hydrogen (secondary N) is 1. The summed E-state index contributed by atoms with van der Waals surface area (Å²) < 4.78 is 45.3. The molecule has 0 aliphatic heterocycles. The molecule has 0 bridgehead atoms. The topological polar surface area (TPSA) is 81.7 Å². The van der Waals surface area contributed by atoms with Crippen molar-refractivity contribution in [1.29, 1.82) is 0 Å². The van der Waals surface area contributed by atoms with Crippen molar-refractivity contribution < 1.29 is 23.5 Å². The van der Waals surface area contributed by atoms with E-state index in [1.165, 1.54) is 6.92 Å². The molecule has 88 valence electrons. The second kappa shape index (κ2) is 5.82. The maximum atomic E-state index is 11.7. The van der Waals surface area contributed by atoms with Crippen LogP contribution < -0.4 is 4.49 Å². The Morgan fingerprint density at radius 2 is 1.64 bits per heavy atom. The summed E-state index contributed by atoms with van der Waals surface area (Å²) in [6.45, 7) is 4.87. The summed E-state index contributed by atoms with van der Waals surface area (Å²) in [7, 11) is -7.28. The highest BCUT2D eigenvalue weighted by molar-refractivity contribution is 7.94. The van der Waals surface area contributed by atoms with Crippen molar-refractivity contribution in [2.24, 2.45) is 0 Å². The first kappa shape index (κ1) is 14.1. The van der Waals surface area contributed by atoms with Gasteiger partial charge in [0.15, 0.2) is 0 Å². The molecule has 0 spiro atoms. The van der Waals surface area contributed by atoms with Crippen LogP contribution in [0.25, 0.3) is 0 Å². The standard InChI is InChI=1S/C6H16NO5PS.H2/c1-4-11-13(8,12-5-2)7-14(9,10)6-3;/h4-6H2,1-3H3,(H,7,8);1H. The third-order valence-electron chi connectivity index (χ3n) is 1.23. The molecule has 0 saturated heterocycles. The SMILES string of the molecule is CCOP(=O)(NS(=O)(=O)CC)OCC.[HH]. The van der Waals surface area contributed by atoms with Crippen LogP contribution in [0.5, 0.6) is 0 Å². The first-order valence-corrected chi connectivity index (χ1v) is 7.49. The Morgan fingerprint density at radius 1 is 1.21 bits per heavy atom. The van der Waals surface area contributed by atoms with E-state index < -0.39 is 17.8 Å². The van der Waals surface area contributed by atoms with E-state index in [0.717, 1.165) is 0 Å². The van der Waals surface area contributed by atoms with Gasteiger partial charge in [0.2, 0.25) is 10.0 Å². The molecule has 1 N–H and O–H groups in total. The molecular weight excluding hydrogens is 229 g/mol. The number of rotatable bonds is 7. The van der Waals surface area contributed by atoms with E-state index in [0.29, 0.717) is 0 Å². The fourth-order valence-corrected chi connectivity index (χ4v) is 3.72. The third-order valence-corrected chi connectivity index (χ3v) is 5.19. The third kappa shape index (κ3) is 5.07. The normalized spacial score (nSPS) is 13.1. The molecule has 0 radical (unpaired) electrons. The summed E-state index contributed by atoms with van der Waals surface area (Å²) in [4.78, 5) is 0. The van der Waals surface area contributed by atoms with E-state index in [1.807, 2.05) is 4.49 Å². The van der Waals surface area contributed by atoms with Crippen molar-refractivity contribution in [2.75, 3.05) is 19.0 Å². The van der Waals surface area contributed by atoms with Crippen molar-refractivity contribution in [1.82, 2.24) is 4.49 Å². The Bertz CT molecular complexity index is 297. The fraction of sp³-hybridized carbons (Fsp3) is 1.00. The van der Waals surface area contributed by atoms with Crippen molar-refractivity contribution in [3.8, 4) is 0 Å².